The number of anilines is 1. The van der Waals surface area contributed by atoms with E-state index in [9.17, 15) is 14.4 Å². The van der Waals surface area contributed by atoms with Gasteiger partial charge in [0, 0.05) is 35.8 Å². The fraction of sp³-hybridized carbons (Fsp3) is 0.423. The number of carbonyl (C=O) groups excluding carboxylic acids is 3. The largest absolute Gasteiger partial charge is 0.483 e. The van der Waals surface area contributed by atoms with Crippen molar-refractivity contribution < 1.29 is 19.1 Å². The number of hydrogen-bond donors (Lipinski definition) is 2. The van der Waals surface area contributed by atoms with E-state index in [2.05, 4.69) is 10.6 Å². The number of nitrogens with one attached hydrogen (secondary N) is 2. The molecular formula is C26H31N3O4. The minimum Gasteiger partial charge on any atom is -0.483 e. The van der Waals surface area contributed by atoms with Crippen LogP contribution in [-0.2, 0) is 9.59 Å². The van der Waals surface area contributed by atoms with Crippen molar-refractivity contribution in [3.8, 4) is 5.75 Å². The van der Waals surface area contributed by atoms with E-state index in [1.165, 1.54) is 0 Å². The summed E-state index contributed by atoms with van der Waals surface area (Å²) in [5.41, 5.74) is 1.93. The van der Waals surface area contributed by atoms with Gasteiger partial charge in [-0.05, 0) is 56.4 Å². The molecule has 7 nitrogen and oxygen atoms in total. The van der Waals surface area contributed by atoms with Gasteiger partial charge in [-0.25, -0.2) is 0 Å². The van der Waals surface area contributed by atoms with Gasteiger partial charge in [0.05, 0.1) is 6.04 Å². The molecule has 2 aliphatic rings. The average molecular weight is 450 g/mol. The minimum atomic E-state index is -0.278. The Morgan fingerprint density at radius 1 is 1.06 bits per heavy atom. The number of nitrogens with zero attached hydrogens (tertiary/aromatic N) is 1. The van der Waals surface area contributed by atoms with Crippen molar-refractivity contribution in [3.05, 3.63) is 59.7 Å². The topological polar surface area (TPSA) is 87.7 Å². The van der Waals surface area contributed by atoms with Crippen LogP contribution >= 0.6 is 0 Å². The minimum absolute atomic E-state index is 0.00791. The van der Waals surface area contributed by atoms with Crippen molar-refractivity contribution in [2.75, 3.05) is 25.0 Å². The van der Waals surface area contributed by atoms with E-state index in [0.29, 0.717) is 23.4 Å². The van der Waals surface area contributed by atoms with Gasteiger partial charge in [-0.2, -0.15) is 0 Å². The third-order valence-electron chi connectivity index (χ3n) is 6.16. The smallest absolute Gasteiger partial charge is 0.260 e. The van der Waals surface area contributed by atoms with Crippen LogP contribution < -0.4 is 15.4 Å². The lowest BCUT2D eigenvalue weighted by atomic mass is 10.0. The summed E-state index contributed by atoms with van der Waals surface area (Å²) in [5.74, 6) is 0.466. The Balaban J connectivity index is 1.41. The second-order valence-electron chi connectivity index (χ2n) is 8.69. The van der Waals surface area contributed by atoms with Crippen molar-refractivity contribution in [1.29, 1.82) is 0 Å². The van der Waals surface area contributed by atoms with E-state index in [-0.39, 0.29) is 36.3 Å². The van der Waals surface area contributed by atoms with Crippen LogP contribution in [-0.4, -0.2) is 42.3 Å². The number of likely N-dealkylation sites (tertiary alicyclic amines) is 1. The van der Waals surface area contributed by atoms with Crippen LogP contribution in [0.2, 0.25) is 0 Å². The zero-order valence-corrected chi connectivity index (χ0v) is 19.0. The van der Waals surface area contributed by atoms with Gasteiger partial charge >= 0.3 is 0 Å². The van der Waals surface area contributed by atoms with E-state index in [4.69, 9.17) is 4.74 Å². The first kappa shape index (κ1) is 22.8. The van der Waals surface area contributed by atoms with Gasteiger partial charge in [0.25, 0.3) is 11.8 Å². The molecule has 7 heteroatoms. The summed E-state index contributed by atoms with van der Waals surface area (Å²) in [6.07, 6.45) is 4.59. The number of amides is 3. The molecule has 1 aliphatic heterocycles. The SMILES string of the molecule is CCC(NC(=O)c1cccc(NC(=O)C2CC2)c1)c1ccccc1OCC(=O)N1CCCC1. The van der Waals surface area contributed by atoms with Crippen molar-refractivity contribution in [2.45, 2.75) is 45.1 Å². The van der Waals surface area contributed by atoms with Crippen molar-refractivity contribution in [1.82, 2.24) is 10.2 Å². The lowest BCUT2D eigenvalue weighted by Crippen LogP contribution is -2.32. The Hall–Kier alpha value is -3.35. The van der Waals surface area contributed by atoms with Crippen molar-refractivity contribution in [2.24, 2.45) is 5.92 Å². The maximum Gasteiger partial charge on any atom is 0.260 e. The zero-order valence-electron chi connectivity index (χ0n) is 19.0. The highest BCUT2D eigenvalue weighted by Gasteiger charge is 2.29. The first-order valence-corrected chi connectivity index (χ1v) is 11.8. The number of ether oxygens (including phenoxy) is 1. The van der Waals surface area contributed by atoms with Crippen LogP contribution in [0.5, 0.6) is 5.75 Å². The van der Waals surface area contributed by atoms with Crippen LogP contribution in [0.1, 0.15) is 61.0 Å². The van der Waals surface area contributed by atoms with Crippen molar-refractivity contribution in [3.63, 3.8) is 0 Å². The quantitative estimate of drug-likeness (QED) is 0.607. The number of hydrogen-bond acceptors (Lipinski definition) is 4. The molecular weight excluding hydrogens is 418 g/mol. The predicted octanol–water partition coefficient (Wildman–Crippen LogP) is 3.92. The predicted molar refractivity (Wildman–Crippen MR) is 126 cm³/mol. The second kappa shape index (κ2) is 10.5. The Morgan fingerprint density at radius 3 is 2.55 bits per heavy atom. The number of rotatable bonds is 9. The molecule has 0 radical (unpaired) electrons. The van der Waals surface area contributed by atoms with Crippen LogP contribution in [0, 0.1) is 5.92 Å². The molecule has 0 bridgehead atoms. The molecule has 1 unspecified atom stereocenters. The zero-order chi connectivity index (χ0) is 23.2. The molecule has 4 rings (SSSR count). The molecule has 1 saturated heterocycles. The normalized spacial score (nSPS) is 16.2. The average Bonchev–Trinajstić information content (AvgIpc) is 3.55. The van der Waals surface area contributed by atoms with Crippen LogP contribution in [0.15, 0.2) is 48.5 Å². The molecule has 1 heterocycles. The first-order valence-electron chi connectivity index (χ1n) is 11.8. The maximum absolute atomic E-state index is 13.0. The van der Waals surface area contributed by atoms with Gasteiger partial charge < -0.3 is 20.3 Å². The summed E-state index contributed by atoms with van der Waals surface area (Å²) in [7, 11) is 0. The van der Waals surface area contributed by atoms with Gasteiger partial charge in [-0.3, -0.25) is 14.4 Å². The summed E-state index contributed by atoms with van der Waals surface area (Å²) in [6.45, 7) is 3.56. The maximum atomic E-state index is 13.0. The molecule has 2 fully saturated rings. The fourth-order valence-electron chi connectivity index (χ4n) is 4.07. The van der Waals surface area contributed by atoms with E-state index in [1.807, 2.05) is 36.1 Å². The van der Waals surface area contributed by atoms with Crippen LogP contribution in [0.25, 0.3) is 0 Å². The van der Waals surface area contributed by atoms with E-state index >= 15 is 0 Å². The highest BCUT2D eigenvalue weighted by molar-refractivity contribution is 5.98. The van der Waals surface area contributed by atoms with Gasteiger partial charge in [0.2, 0.25) is 5.91 Å². The molecule has 1 atom stereocenters. The Labute approximate surface area is 194 Å². The molecule has 3 amide bonds. The molecule has 174 valence electrons. The molecule has 1 aliphatic carbocycles. The summed E-state index contributed by atoms with van der Waals surface area (Å²) in [4.78, 5) is 39.3. The molecule has 0 aromatic heterocycles. The molecule has 2 N–H and O–H groups in total. The molecule has 1 saturated carbocycles. The second-order valence-corrected chi connectivity index (χ2v) is 8.69. The number of carbonyl (C=O) groups is 3. The summed E-state index contributed by atoms with van der Waals surface area (Å²) < 4.78 is 5.88. The summed E-state index contributed by atoms with van der Waals surface area (Å²) in [6, 6.07) is 14.2. The number of para-hydroxylation sites is 1. The van der Waals surface area contributed by atoms with E-state index in [0.717, 1.165) is 44.3 Å². The van der Waals surface area contributed by atoms with Crippen LogP contribution in [0.3, 0.4) is 0 Å². The highest BCUT2D eigenvalue weighted by Crippen LogP contribution is 2.30. The standard InChI is InChI=1S/C26H31N3O4/c1-2-22(21-10-3-4-11-23(21)33-17-24(30)29-14-5-6-15-29)28-26(32)19-8-7-9-20(16-19)27-25(31)18-12-13-18/h3-4,7-11,16,18,22H,2,5-6,12-15,17H2,1H3,(H,27,31)(H,28,32). The first-order chi connectivity index (χ1) is 16.0. The Morgan fingerprint density at radius 2 is 1.82 bits per heavy atom. The Kier molecular flexibility index (Phi) is 7.27. The van der Waals surface area contributed by atoms with Gasteiger partial charge in [-0.15, -0.1) is 0 Å². The lowest BCUT2D eigenvalue weighted by molar-refractivity contribution is -0.132. The molecule has 2 aromatic carbocycles. The van der Waals surface area contributed by atoms with Gasteiger partial charge in [0.15, 0.2) is 6.61 Å². The molecule has 2 aromatic rings. The fourth-order valence-corrected chi connectivity index (χ4v) is 4.07. The van der Waals surface area contributed by atoms with Crippen LogP contribution in [0.4, 0.5) is 5.69 Å². The number of benzene rings is 2. The monoisotopic (exact) mass is 449 g/mol. The van der Waals surface area contributed by atoms with E-state index < -0.39 is 0 Å². The van der Waals surface area contributed by atoms with E-state index in [1.54, 1.807) is 24.3 Å². The molecule has 33 heavy (non-hydrogen) atoms. The summed E-state index contributed by atoms with van der Waals surface area (Å²) in [5, 5.41) is 5.95. The van der Waals surface area contributed by atoms with Gasteiger partial charge in [-0.1, -0.05) is 31.2 Å². The highest BCUT2D eigenvalue weighted by atomic mass is 16.5. The third-order valence-corrected chi connectivity index (χ3v) is 6.16. The molecule has 0 spiro atoms. The third kappa shape index (κ3) is 5.92. The Bertz CT molecular complexity index is 1010. The lowest BCUT2D eigenvalue weighted by Gasteiger charge is -2.22. The van der Waals surface area contributed by atoms with Gasteiger partial charge in [0.1, 0.15) is 5.75 Å². The van der Waals surface area contributed by atoms with Crippen molar-refractivity contribution >= 4 is 23.4 Å². The summed E-state index contributed by atoms with van der Waals surface area (Å²) >= 11 is 0.